The Bertz CT molecular complexity index is 702. The van der Waals surface area contributed by atoms with Crippen molar-refractivity contribution in [2.24, 2.45) is 5.92 Å². The van der Waals surface area contributed by atoms with E-state index in [4.69, 9.17) is 9.15 Å². The number of esters is 1. The summed E-state index contributed by atoms with van der Waals surface area (Å²) in [5, 5.41) is 3.69. The quantitative estimate of drug-likeness (QED) is 0.832. The van der Waals surface area contributed by atoms with E-state index in [-0.39, 0.29) is 25.0 Å². The minimum Gasteiger partial charge on any atom is -0.464 e. The summed E-state index contributed by atoms with van der Waals surface area (Å²) in [5.74, 6) is -0.400. The molecule has 0 aliphatic carbocycles. The van der Waals surface area contributed by atoms with E-state index in [9.17, 15) is 9.59 Å². The molecule has 1 aromatic heterocycles. The number of aryl methyl sites for hydroxylation is 1. The molecule has 0 aliphatic rings. The minimum atomic E-state index is -0.444. The van der Waals surface area contributed by atoms with Crippen molar-refractivity contribution in [3.63, 3.8) is 0 Å². The molecule has 23 heavy (non-hydrogen) atoms. The van der Waals surface area contributed by atoms with Crippen LogP contribution in [0.1, 0.15) is 31.9 Å². The molecule has 5 nitrogen and oxygen atoms in total. The molecule has 1 N–H and O–H groups in total. The second-order valence-corrected chi connectivity index (χ2v) is 6.20. The molecule has 0 bridgehead atoms. The van der Waals surface area contributed by atoms with Gasteiger partial charge in [0.1, 0.15) is 5.58 Å². The number of amides is 1. The highest BCUT2D eigenvalue weighted by Gasteiger charge is 2.15. The summed E-state index contributed by atoms with van der Waals surface area (Å²) in [4.78, 5) is 23.6. The van der Waals surface area contributed by atoms with Gasteiger partial charge in [-0.25, -0.2) is 0 Å². The first-order valence-electron chi connectivity index (χ1n) is 7.78. The third-order valence-corrected chi connectivity index (χ3v) is 3.90. The van der Waals surface area contributed by atoms with Crippen molar-refractivity contribution < 1.29 is 18.7 Å². The average Bonchev–Trinajstić information content (AvgIpc) is 2.87. The zero-order chi connectivity index (χ0) is 17.0. The van der Waals surface area contributed by atoms with E-state index in [0.717, 1.165) is 22.1 Å². The van der Waals surface area contributed by atoms with Crippen LogP contribution in [0.3, 0.4) is 0 Å². The summed E-state index contributed by atoms with van der Waals surface area (Å²) >= 11 is 0. The lowest BCUT2D eigenvalue weighted by molar-refractivity contribution is -0.148. The van der Waals surface area contributed by atoms with Gasteiger partial charge in [-0.1, -0.05) is 26.0 Å². The highest BCUT2D eigenvalue weighted by Crippen LogP contribution is 2.22. The third kappa shape index (κ3) is 4.58. The monoisotopic (exact) mass is 317 g/mol. The molecule has 0 aliphatic heterocycles. The maximum absolute atomic E-state index is 11.9. The summed E-state index contributed by atoms with van der Waals surface area (Å²) in [6.45, 7) is 7.67. The van der Waals surface area contributed by atoms with Crippen LogP contribution in [0.25, 0.3) is 11.0 Å². The first kappa shape index (κ1) is 17.1. The van der Waals surface area contributed by atoms with Crippen LogP contribution in [-0.2, 0) is 20.7 Å². The van der Waals surface area contributed by atoms with Gasteiger partial charge in [-0.05, 0) is 31.4 Å². The second-order valence-electron chi connectivity index (χ2n) is 6.20. The van der Waals surface area contributed by atoms with E-state index in [1.54, 1.807) is 6.26 Å². The van der Waals surface area contributed by atoms with Crippen molar-refractivity contribution in [3.05, 3.63) is 35.6 Å². The Labute approximate surface area is 136 Å². The van der Waals surface area contributed by atoms with E-state index < -0.39 is 5.97 Å². The molecular formula is C18H23NO4. The van der Waals surface area contributed by atoms with Gasteiger partial charge in [-0.15, -0.1) is 0 Å². The summed E-state index contributed by atoms with van der Waals surface area (Å²) in [6.07, 6.45) is 1.65. The zero-order valence-corrected chi connectivity index (χ0v) is 14.0. The number of fused-ring (bicyclic) bond motifs is 1. The Kier molecular flexibility index (Phi) is 5.42. The molecule has 1 amide bonds. The molecule has 1 aromatic carbocycles. The highest BCUT2D eigenvalue weighted by atomic mass is 16.5. The van der Waals surface area contributed by atoms with Crippen molar-refractivity contribution in [1.82, 2.24) is 5.32 Å². The Hall–Kier alpha value is -2.30. The molecule has 0 spiro atoms. The van der Waals surface area contributed by atoms with Crippen molar-refractivity contribution in [2.75, 3.05) is 6.61 Å². The topological polar surface area (TPSA) is 68.5 Å². The molecule has 124 valence electrons. The lowest BCUT2D eigenvalue weighted by Gasteiger charge is -2.17. The molecule has 0 saturated carbocycles. The van der Waals surface area contributed by atoms with Crippen LogP contribution in [0, 0.1) is 12.8 Å². The summed E-state index contributed by atoms with van der Waals surface area (Å²) in [5.41, 5.74) is 2.61. The number of rotatable bonds is 6. The molecule has 1 heterocycles. The van der Waals surface area contributed by atoms with E-state index >= 15 is 0 Å². The van der Waals surface area contributed by atoms with Crippen LogP contribution >= 0.6 is 0 Å². The maximum Gasteiger partial charge on any atom is 0.310 e. The fourth-order valence-electron chi connectivity index (χ4n) is 2.14. The van der Waals surface area contributed by atoms with E-state index in [2.05, 4.69) is 5.32 Å². The van der Waals surface area contributed by atoms with Gasteiger partial charge in [0.15, 0.2) is 6.61 Å². The molecule has 5 heteroatoms. The standard InChI is InChI=1S/C18H23NO4/c1-11(2)13(4)19-17(20)10-23-18(21)8-14-9-22-16-7-12(3)5-6-15(14)16/h5-7,9,11,13H,8,10H2,1-4H3,(H,19,20)/t13-/m0/s1. The molecule has 0 fully saturated rings. The van der Waals surface area contributed by atoms with Gasteiger partial charge in [0.25, 0.3) is 5.91 Å². The van der Waals surface area contributed by atoms with Crippen LogP contribution in [-0.4, -0.2) is 24.5 Å². The summed E-state index contributed by atoms with van der Waals surface area (Å²) in [7, 11) is 0. The molecule has 0 unspecified atom stereocenters. The van der Waals surface area contributed by atoms with Gasteiger partial charge in [0.2, 0.25) is 0 Å². The number of nitrogens with one attached hydrogen (secondary N) is 1. The Balaban J connectivity index is 1.88. The number of carbonyl (C=O) groups is 2. The first-order chi connectivity index (χ1) is 10.9. The fourth-order valence-corrected chi connectivity index (χ4v) is 2.14. The third-order valence-electron chi connectivity index (χ3n) is 3.90. The Morgan fingerprint density at radius 2 is 2.00 bits per heavy atom. The fraction of sp³-hybridized carbons (Fsp3) is 0.444. The molecule has 0 saturated heterocycles. The largest absolute Gasteiger partial charge is 0.464 e. The van der Waals surface area contributed by atoms with Crippen LogP contribution in [0.4, 0.5) is 0 Å². The lowest BCUT2D eigenvalue weighted by Crippen LogP contribution is -2.38. The predicted molar refractivity (Wildman–Crippen MR) is 88.1 cm³/mol. The van der Waals surface area contributed by atoms with Crippen molar-refractivity contribution in [3.8, 4) is 0 Å². The van der Waals surface area contributed by atoms with Crippen LogP contribution in [0.5, 0.6) is 0 Å². The van der Waals surface area contributed by atoms with Gasteiger partial charge in [0.05, 0.1) is 12.7 Å². The minimum absolute atomic E-state index is 0.0438. The van der Waals surface area contributed by atoms with E-state index in [1.165, 1.54) is 0 Å². The summed E-state index contributed by atoms with van der Waals surface area (Å²) < 4.78 is 10.5. The molecule has 0 radical (unpaired) electrons. The number of hydrogen-bond acceptors (Lipinski definition) is 4. The maximum atomic E-state index is 11.9. The normalized spacial score (nSPS) is 12.4. The highest BCUT2D eigenvalue weighted by molar-refractivity contribution is 5.87. The SMILES string of the molecule is Cc1ccc2c(CC(=O)OCC(=O)N[C@@H](C)C(C)C)coc2c1. The number of ether oxygens (including phenoxy) is 1. The zero-order valence-electron chi connectivity index (χ0n) is 14.0. The van der Waals surface area contributed by atoms with Gasteiger partial charge in [0, 0.05) is 17.0 Å². The van der Waals surface area contributed by atoms with Gasteiger partial charge >= 0.3 is 5.97 Å². The number of carbonyl (C=O) groups excluding carboxylic acids is 2. The van der Waals surface area contributed by atoms with Crippen molar-refractivity contribution >= 4 is 22.8 Å². The van der Waals surface area contributed by atoms with Crippen LogP contribution in [0.2, 0.25) is 0 Å². The van der Waals surface area contributed by atoms with Crippen molar-refractivity contribution in [2.45, 2.75) is 40.2 Å². The number of benzene rings is 1. The molecular weight excluding hydrogens is 294 g/mol. The Morgan fingerprint density at radius 1 is 1.26 bits per heavy atom. The second kappa shape index (κ2) is 7.31. The molecule has 2 rings (SSSR count). The van der Waals surface area contributed by atoms with Gasteiger partial charge in [-0.2, -0.15) is 0 Å². The predicted octanol–water partition coefficient (Wildman–Crippen LogP) is 2.99. The van der Waals surface area contributed by atoms with Crippen LogP contribution < -0.4 is 5.32 Å². The molecule has 2 aromatic rings. The number of hydrogen-bond donors (Lipinski definition) is 1. The van der Waals surface area contributed by atoms with E-state index in [0.29, 0.717) is 5.92 Å². The lowest BCUT2D eigenvalue weighted by atomic mass is 10.1. The Morgan fingerprint density at radius 3 is 2.70 bits per heavy atom. The van der Waals surface area contributed by atoms with Gasteiger partial charge in [-0.3, -0.25) is 9.59 Å². The summed E-state index contributed by atoms with van der Waals surface area (Å²) in [6, 6.07) is 5.86. The number of furan rings is 1. The van der Waals surface area contributed by atoms with Crippen molar-refractivity contribution in [1.29, 1.82) is 0 Å². The van der Waals surface area contributed by atoms with Gasteiger partial charge < -0.3 is 14.5 Å². The molecule has 1 atom stereocenters. The van der Waals surface area contributed by atoms with E-state index in [1.807, 2.05) is 45.9 Å². The average molecular weight is 317 g/mol. The smallest absolute Gasteiger partial charge is 0.310 e. The first-order valence-corrected chi connectivity index (χ1v) is 7.78. The van der Waals surface area contributed by atoms with Crippen LogP contribution in [0.15, 0.2) is 28.9 Å².